The summed E-state index contributed by atoms with van der Waals surface area (Å²) in [7, 11) is 0. The first-order chi connectivity index (χ1) is 15.0. The van der Waals surface area contributed by atoms with Crippen molar-refractivity contribution in [3.63, 3.8) is 0 Å². The number of aromatic nitrogens is 1. The van der Waals surface area contributed by atoms with Crippen molar-refractivity contribution in [2.45, 2.75) is 6.92 Å². The third kappa shape index (κ3) is 4.96. The fourth-order valence-electron chi connectivity index (χ4n) is 2.72. The van der Waals surface area contributed by atoms with E-state index >= 15 is 0 Å². The predicted octanol–water partition coefficient (Wildman–Crippen LogP) is 4.98. The Balaban J connectivity index is 1.45. The van der Waals surface area contributed by atoms with Crippen LogP contribution in [0.25, 0.3) is 6.08 Å². The highest BCUT2D eigenvalue weighted by Crippen LogP contribution is 2.29. The lowest BCUT2D eigenvalue weighted by molar-refractivity contribution is -0.385. The molecule has 1 N–H and O–H groups in total. The number of aryl methyl sites for hydroxylation is 1. The topological polar surface area (TPSA) is 107 Å². The van der Waals surface area contributed by atoms with Gasteiger partial charge in [0.15, 0.2) is 5.17 Å². The molecule has 0 radical (unpaired) electrons. The zero-order valence-electron chi connectivity index (χ0n) is 16.3. The van der Waals surface area contributed by atoms with E-state index in [1.807, 2.05) is 31.2 Å². The molecule has 0 saturated carbocycles. The van der Waals surface area contributed by atoms with Crippen molar-refractivity contribution in [1.29, 1.82) is 0 Å². The average Bonchev–Trinajstić information content (AvgIpc) is 3.10. The van der Waals surface area contributed by atoms with Crippen LogP contribution in [0.3, 0.4) is 0 Å². The van der Waals surface area contributed by atoms with Crippen molar-refractivity contribution in [2.75, 3.05) is 0 Å². The number of ether oxygens (including phenoxy) is 1. The van der Waals surface area contributed by atoms with Crippen LogP contribution in [0, 0.1) is 17.0 Å². The van der Waals surface area contributed by atoms with E-state index in [0.717, 1.165) is 23.0 Å². The summed E-state index contributed by atoms with van der Waals surface area (Å²) in [4.78, 5) is 31.4. The number of nitrogens with zero attached hydrogens (tertiary/aromatic N) is 3. The van der Waals surface area contributed by atoms with Gasteiger partial charge in [0.2, 0.25) is 5.88 Å². The fraction of sp³-hybridized carbons (Fsp3) is 0.0455. The zero-order valence-corrected chi connectivity index (χ0v) is 17.1. The van der Waals surface area contributed by atoms with Gasteiger partial charge in [0.05, 0.1) is 15.5 Å². The number of benzene rings is 2. The molecule has 154 valence electrons. The molecule has 0 atom stereocenters. The van der Waals surface area contributed by atoms with E-state index in [9.17, 15) is 14.9 Å². The number of carbonyl (C=O) groups excluding carboxylic acids is 1. The van der Waals surface area contributed by atoms with Crippen LogP contribution in [0.2, 0.25) is 0 Å². The molecular weight excluding hydrogens is 416 g/mol. The molecule has 9 heteroatoms. The summed E-state index contributed by atoms with van der Waals surface area (Å²) in [6.45, 7) is 1.97. The number of nitrogens with one attached hydrogen (secondary N) is 1. The molecule has 0 bridgehead atoms. The number of carbonyl (C=O) groups is 1. The standard InChI is InChI=1S/C22H16N4O4S/c1-14-4-2-3-5-18(14)24-22-25-21(27)19(31-22)12-15-6-9-17(10-7-15)30-20-11-8-16(13-23-20)26(28)29/h2-13H,1H3,(H,24,25,27)/b19-12-. The Morgan fingerprint density at radius 1 is 1.13 bits per heavy atom. The second-order valence-corrected chi connectivity index (χ2v) is 7.58. The fourth-order valence-corrected chi connectivity index (χ4v) is 3.56. The Morgan fingerprint density at radius 2 is 1.90 bits per heavy atom. The molecule has 0 spiro atoms. The molecule has 1 saturated heterocycles. The van der Waals surface area contributed by atoms with Gasteiger partial charge in [-0.1, -0.05) is 30.3 Å². The molecule has 0 unspecified atom stereocenters. The van der Waals surface area contributed by atoms with Crippen LogP contribution in [0.5, 0.6) is 11.6 Å². The lowest BCUT2D eigenvalue weighted by Gasteiger charge is -2.04. The van der Waals surface area contributed by atoms with E-state index in [2.05, 4.69) is 15.3 Å². The smallest absolute Gasteiger partial charge is 0.287 e. The normalized spacial score (nSPS) is 15.8. The third-order valence-corrected chi connectivity index (χ3v) is 5.23. The highest BCUT2D eigenvalue weighted by Gasteiger charge is 2.23. The van der Waals surface area contributed by atoms with Crippen LogP contribution in [-0.4, -0.2) is 21.0 Å². The van der Waals surface area contributed by atoms with Gasteiger partial charge < -0.3 is 10.1 Å². The van der Waals surface area contributed by atoms with Crippen LogP contribution in [0.4, 0.5) is 11.4 Å². The summed E-state index contributed by atoms with van der Waals surface area (Å²) in [5, 5.41) is 14.0. The van der Waals surface area contributed by atoms with E-state index in [1.54, 1.807) is 30.3 Å². The van der Waals surface area contributed by atoms with Gasteiger partial charge in [-0.3, -0.25) is 14.9 Å². The summed E-state index contributed by atoms with van der Waals surface area (Å²) in [6, 6.07) is 17.5. The number of hydrogen-bond acceptors (Lipinski definition) is 7. The Morgan fingerprint density at radius 3 is 2.58 bits per heavy atom. The Labute approximate surface area is 181 Å². The van der Waals surface area contributed by atoms with E-state index < -0.39 is 4.92 Å². The van der Waals surface area contributed by atoms with Crippen molar-refractivity contribution in [1.82, 2.24) is 10.3 Å². The lowest BCUT2D eigenvalue weighted by Crippen LogP contribution is -2.19. The first-order valence-electron chi connectivity index (χ1n) is 9.21. The molecule has 1 aromatic heterocycles. The molecule has 31 heavy (non-hydrogen) atoms. The Bertz CT molecular complexity index is 1200. The van der Waals surface area contributed by atoms with E-state index in [4.69, 9.17) is 4.74 Å². The highest BCUT2D eigenvalue weighted by atomic mass is 32.2. The molecular formula is C22H16N4O4S. The zero-order chi connectivity index (χ0) is 21.8. The van der Waals surface area contributed by atoms with Gasteiger partial charge in [0.25, 0.3) is 11.6 Å². The minimum Gasteiger partial charge on any atom is -0.439 e. The Hall–Kier alpha value is -3.98. The van der Waals surface area contributed by atoms with Crippen LogP contribution in [0.1, 0.15) is 11.1 Å². The SMILES string of the molecule is Cc1ccccc1N=C1NC(=O)/C(=C/c2ccc(Oc3ccc([N+](=O)[O-])cn3)cc2)S1. The summed E-state index contributed by atoms with van der Waals surface area (Å²) in [6.07, 6.45) is 2.91. The number of nitro groups is 1. The summed E-state index contributed by atoms with van der Waals surface area (Å²) >= 11 is 1.28. The molecule has 4 rings (SSSR count). The van der Waals surface area contributed by atoms with Gasteiger partial charge >= 0.3 is 0 Å². The summed E-state index contributed by atoms with van der Waals surface area (Å²) < 4.78 is 5.60. The quantitative estimate of drug-likeness (QED) is 0.346. The molecule has 8 nitrogen and oxygen atoms in total. The van der Waals surface area contributed by atoms with Crippen molar-refractivity contribution in [3.05, 3.63) is 93.0 Å². The molecule has 1 aliphatic heterocycles. The lowest BCUT2D eigenvalue weighted by atomic mass is 10.2. The van der Waals surface area contributed by atoms with Crippen LogP contribution in [-0.2, 0) is 4.79 Å². The van der Waals surface area contributed by atoms with Crippen LogP contribution >= 0.6 is 11.8 Å². The van der Waals surface area contributed by atoms with E-state index in [-0.39, 0.29) is 17.5 Å². The second-order valence-electron chi connectivity index (χ2n) is 6.55. The largest absolute Gasteiger partial charge is 0.439 e. The first kappa shape index (κ1) is 20.3. The van der Waals surface area contributed by atoms with Crippen LogP contribution < -0.4 is 10.1 Å². The predicted molar refractivity (Wildman–Crippen MR) is 119 cm³/mol. The molecule has 2 aromatic carbocycles. The molecule has 3 aromatic rings. The number of thioether (sulfide) groups is 1. The van der Waals surface area contributed by atoms with Crippen molar-refractivity contribution >= 4 is 40.3 Å². The number of amides is 1. The van der Waals surface area contributed by atoms with Crippen molar-refractivity contribution < 1.29 is 14.5 Å². The molecule has 2 heterocycles. The molecule has 1 fully saturated rings. The summed E-state index contributed by atoms with van der Waals surface area (Å²) in [5.41, 5.74) is 2.55. The number of hydrogen-bond donors (Lipinski definition) is 1. The van der Waals surface area contributed by atoms with E-state index in [0.29, 0.717) is 15.8 Å². The van der Waals surface area contributed by atoms with Gasteiger partial charge in [-0.15, -0.1) is 0 Å². The van der Waals surface area contributed by atoms with E-state index in [1.165, 1.54) is 23.9 Å². The van der Waals surface area contributed by atoms with Gasteiger partial charge in [0.1, 0.15) is 11.9 Å². The minimum atomic E-state index is -0.520. The van der Waals surface area contributed by atoms with Crippen molar-refractivity contribution in [3.8, 4) is 11.6 Å². The van der Waals surface area contributed by atoms with Crippen molar-refractivity contribution in [2.24, 2.45) is 4.99 Å². The molecule has 0 aliphatic carbocycles. The number of para-hydroxylation sites is 1. The first-order valence-corrected chi connectivity index (χ1v) is 10.0. The van der Waals surface area contributed by atoms with Gasteiger partial charge in [-0.2, -0.15) is 0 Å². The average molecular weight is 432 g/mol. The number of aliphatic imine (C=N–C) groups is 1. The maximum absolute atomic E-state index is 12.3. The monoisotopic (exact) mass is 432 g/mol. The molecule has 1 aliphatic rings. The van der Waals surface area contributed by atoms with Gasteiger partial charge in [-0.25, -0.2) is 9.98 Å². The van der Waals surface area contributed by atoms with Crippen LogP contribution in [0.15, 0.2) is 76.8 Å². The summed E-state index contributed by atoms with van der Waals surface area (Å²) in [5.74, 6) is 0.570. The third-order valence-electron chi connectivity index (χ3n) is 4.32. The highest BCUT2D eigenvalue weighted by molar-refractivity contribution is 8.18. The maximum atomic E-state index is 12.3. The molecule has 1 amide bonds. The minimum absolute atomic E-state index is 0.105. The number of amidine groups is 1. The number of rotatable bonds is 5. The maximum Gasteiger partial charge on any atom is 0.287 e. The second kappa shape index (κ2) is 8.80. The Kier molecular flexibility index (Phi) is 5.76. The van der Waals surface area contributed by atoms with Gasteiger partial charge in [0, 0.05) is 12.1 Å². The van der Waals surface area contributed by atoms with Gasteiger partial charge in [-0.05, 0) is 54.1 Å². The number of pyridine rings is 1.